The van der Waals surface area contributed by atoms with Crippen LogP contribution in [0.1, 0.15) is 26.7 Å². The molecule has 0 aromatic rings. The first kappa shape index (κ1) is 7.07. The van der Waals surface area contributed by atoms with E-state index in [4.69, 9.17) is 0 Å². The van der Waals surface area contributed by atoms with E-state index in [0.29, 0.717) is 0 Å². The highest BCUT2D eigenvalue weighted by molar-refractivity contribution is 9.11. The molecule has 0 saturated heterocycles. The maximum atomic E-state index is 3.50. The van der Waals surface area contributed by atoms with Crippen molar-refractivity contribution in [2.75, 3.05) is 0 Å². The van der Waals surface area contributed by atoms with Crippen molar-refractivity contribution in [3.05, 3.63) is 21.7 Å². The molecule has 1 heteroatoms. The molecular formula is C8H11Br. The number of hydrogen-bond acceptors (Lipinski definition) is 0. The van der Waals surface area contributed by atoms with Crippen molar-refractivity contribution in [1.82, 2.24) is 0 Å². The van der Waals surface area contributed by atoms with Crippen molar-refractivity contribution < 1.29 is 0 Å². The molecule has 0 aromatic heterocycles. The third kappa shape index (κ3) is 1.68. The third-order valence-corrected chi connectivity index (χ3v) is 2.58. The standard InChI is InChI=1S/C8H11Br/c1-6-3-4-7(2)8(9)5-6/h5H,3-4H2,1-2H3. The Morgan fingerprint density at radius 2 is 2.00 bits per heavy atom. The fourth-order valence-corrected chi connectivity index (χ4v) is 1.50. The van der Waals surface area contributed by atoms with Gasteiger partial charge in [0.2, 0.25) is 0 Å². The van der Waals surface area contributed by atoms with Gasteiger partial charge in [0, 0.05) is 4.48 Å². The maximum absolute atomic E-state index is 3.50. The van der Waals surface area contributed by atoms with Gasteiger partial charge in [0.05, 0.1) is 0 Å². The summed E-state index contributed by atoms with van der Waals surface area (Å²) in [5.74, 6) is 0. The second kappa shape index (κ2) is 2.70. The van der Waals surface area contributed by atoms with E-state index in [1.54, 1.807) is 0 Å². The van der Waals surface area contributed by atoms with Crippen LogP contribution >= 0.6 is 15.9 Å². The van der Waals surface area contributed by atoms with Crippen LogP contribution in [0.5, 0.6) is 0 Å². The lowest BCUT2D eigenvalue weighted by molar-refractivity contribution is 0.903. The molecule has 0 atom stereocenters. The van der Waals surface area contributed by atoms with Gasteiger partial charge in [-0.3, -0.25) is 0 Å². The average Bonchev–Trinajstić information content (AvgIpc) is 1.80. The molecule has 0 saturated carbocycles. The first-order valence-electron chi connectivity index (χ1n) is 3.22. The lowest BCUT2D eigenvalue weighted by Gasteiger charge is -2.10. The lowest BCUT2D eigenvalue weighted by Crippen LogP contribution is -1.89. The molecule has 50 valence electrons. The van der Waals surface area contributed by atoms with E-state index in [2.05, 4.69) is 35.9 Å². The van der Waals surface area contributed by atoms with Gasteiger partial charge in [-0.1, -0.05) is 27.1 Å². The summed E-state index contributed by atoms with van der Waals surface area (Å²) in [5.41, 5.74) is 2.95. The zero-order chi connectivity index (χ0) is 6.85. The van der Waals surface area contributed by atoms with Gasteiger partial charge in [0.15, 0.2) is 0 Å². The molecule has 0 radical (unpaired) electrons. The number of rotatable bonds is 0. The normalized spacial score (nSPS) is 20.1. The lowest BCUT2D eigenvalue weighted by atomic mass is 10.0. The molecule has 0 heterocycles. The summed E-state index contributed by atoms with van der Waals surface area (Å²) in [6.07, 6.45) is 4.67. The van der Waals surface area contributed by atoms with Crippen LogP contribution in [0.2, 0.25) is 0 Å². The molecular weight excluding hydrogens is 176 g/mol. The molecule has 0 aliphatic heterocycles. The summed E-state index contributed by atoms with van der Waals surface area (Å²) in [7, 11) is 0. The van der Waals surface area contributed by atoms with Crippen LogP contribution in [0, 0.1) is 0 Å². The van der Waals surface area contributed by atoms with Crippen molar-refractivity contribution in [3.63, 3.8) is 0 Å². The van der Waals surface area contributed by atoms with Crippen LogP contribution in [0.25, 0.3) is 0 Å². The van der Waals surface area contributed by atoms with E-state index in [0.717, 1.165) is 0 Å². The van der Waals surface area contributed by atoms with E-state index in [1.165, 1.54) is 28.5 Å². The first-order valence-corrected chi connectivity index (χ1v) is 4.02. The van der Waals surface area contributed by atoms with Gasteiger partial charge in [-0.2, -0.15) is 0 Å². The van der Waals surface area contributed by atoms with E-state index >= 15 is 0 Å². The monoisotopic (exact) mass is 186 g/mol. The van der Waals surface area contributed by atoms with Gasteiger partial charge in [-0.05, 0) is 32.8 Å². The van der Waals surface area contributed by atoms with Crippen LogP contribution < -0.4 is 0 Å². The Balaban J connectivity index is 2.83. The molecule has 0 unspecified atom stereocenters. The van der Waals surface area contributed by atoms with Crippen molar-refractivity contribution >= 4 is 15.9 Å². The molecule has 0 nitrogen and oxygen atoms in total. The second-order valence-electron chi connectivity index (χ2n) is 2.62. The van der Waals surface area contributed by atoms with E-state index in [9.17, 15) is 0 Å². The molecule has 0 aromatic carbocycles. The zero-order valence-electron chi connectivity index (χ0n) is 5.87. The smallest absolute Gasteiger partial charge is 0.0164 e. The Bertz CT molecular complexity index is 175. The predicted molar refractivity (Wildman–Crippen MR) is 44.6 cm³/mol. The van der Waals surface area contributed by atoms with Gasteiger partial charge >= 0.3 is 0 Å². The third-order valence-electron chi connectivity index (χ3n) is 1.68. The molecule has 0 spiro atoms. The summed E-state index contributed by atoms with van der Waals surface area (Å²) >= 11 is 3.50. The topological polar surface area (TPSA) is 0 Å². The predicted octanol–water partition coefficient (Wildman–Crippen LogP) is 3.40. The Morgan fingerprint density at radius 1 is 1.33 bits per heavy atom. The maximum Gasteiger partial charge on any atom is 0.0164 e. The number of halogens is 1. The molecule has 1 aliphatic rings. The summed E-state index contributed by atoms with van der Waals surface area (Å²) in [4.78, 5) is 0. The quantitative estimate of drug-likeness (QED) is 0.545. The highest BCUT2D eigenvalue weighted by Crippen LogP contribution is 2.26. The van der Waals surface area contributed by atoms with Crippen molar-refractivity contribution in [2.24, 2.45) is 0 Å². The summed E-state index contributed by atoms with van der Waals surface area (Å²) in [6, 6.07) is 0. The highest BCUT2D eigenvalue weighted by Gasteiger charge is 2.03. The molecule has 0 N–H and O–H groups in total. The van der Waals surface area contributed by atoms with Gasteiger partial charge < -0.3 is 0 Å². The largest absolute Gasteiger partial charge is 0.0719 e. The van der Waals surface area contributed by atoms with E-state index < -0.39 is 0 Å². The summed E-state index contributed by atoms with van der Waals surface area (Å²) in [6.45, 7) is 4.35. The van der Waals surface area contributed by atoms with Crippen molar-refractivity contribution in [1.29, 1.82) is 0 Å². The van der Waals surface area contributed by atoms with Crippen molar-refractivity contribution in [2.45, 2.75) is 26.7 Å². The molecule has 0 amide bonds. The fourth-order valence-electron chi connectivity index (χ4n) is 0.916. The Kier molecular flexibility index (Phi) is 2.12. The molecule has 9 heavy (non-hydrogen) atoms. The average molecular weight is 187 g/mol. The fraction of sp³-hybridized carbons (Fsp3) is 0.500. The first-order chi connectivity index (χ1) is 4.20. The molecule has 0 fully saturated rings. The number of allylic oxidation sites excluding steroid dienone is 4. The summed E-state index contributed by atoms with van der Waals surface area (Å²) < 4.78 is 1.28. The SMILES string of the molecule is CC1=CC(Br)=C(C)CC1. The second-order valence-corrected chi connectivity index (χ2v) is 3.47. The van der Waals surface area contributed by atoms with E-state index in [1.807, 2.05) is 0 Å². The Labute approximate surface area is 64.8 Å². The van der Waals surface area contributed by atoms with Gasteiger partial charge in [0.25, 0.3) is 0 Å². The van der Waals surface area contributed by atoms with Crippen LogP contribution in [0.4, 0.5) is 0 Å². The van der Waals surface area contributed by atoms with Crippen LogP contribution in [0.3, 0.4) is 0 Å². The Morgan fingerprint density at radius 3 is 2.44 bits per heavy atom. The highest BCUT2D eigenvalue weighted by atomic mass is 79.9. The van der Waals surface area contributed by atoms with Crippen LogP contribution in [-0.4, -0.2) is 0 Å². The van der Waals surface area contributed by atoms with Crippen molar-refractivity contribution in [3.8, 4) is 0 Å². The molecule has 1 aliphatic carbocycles. The molecule has 0 bridgehead atoms. The minimum absolute atomic E-state index is 1.23. The Hall–Kier alpha value is -0.0400. The van der Waals surface area contributed by atoms with Crippen LogP contribution in [-0.2, 0) is 0 Å². The van der Waals surface area contributed by atoms with Gasteiger partial charge in [-0.25, -0.2) is 0 Å². The number of hydrogen-bond donors (Lipinski definition) is 0. The summed E-state index contributed by atoms with van der Waals surface area (Å²) in [5, 5.41) is 0. The van der Waals surface area contributed by atoms with E-state index in [-0.39, 0.29) is 0 Å². The van der Waals surface area contributed by atoms with Crippen LogP contribution in [0.15, 0.2) is 21.7 Å². The van der Waals surface area contributed by atoms with Gasteiger partial charge in [-0.15, -0.1) is 0 Å². The minimum Gasteiger partial charge on any atom is -0.0719 e. The molecule has 1 rings (SSSR count). The van der Waals surface area contributed by atoms with Gasteiger partial charge in [0.1, 0.15) is 0 Å². The zero-order valence-corrected chi connectivity index (χ0v) is 7.46. The minimum atomic E-state index is 1.23.